The van der Waals surface area contributed by atoms with Crippen molar-refractivity contribution in [2.75, 3.05) is 13.1 Å². The van der Waals surface area contributed by atoms with Gasteiger partial charge in [0.1, 0.15) is 6.10 Å². The van der Waals surface area contributed by atoms with Crippen molar-refractivity contribution in [3.63, 3.8) is 0 Å². The maximum atomic E-state index is 12.5. The van der Waals surface area contributed by atoms with E-state index in [0.29, 0.717) is 12.1 Å². The molecular formula is C14H15F3N2O2. The minimum atomic E-state index is -4.34. The molecule has 0 aliphatic carbocycles. The molecule has 21 heavy (non-hydrogen) atoms. The second kappa shape index (κ2) is 5.22. The second-order valence-corrected chi connectivity index (χ2v) is 5.30. The molecule has 2 unspecified atom stereocenters. The van der Waals surface area contributed by atoms with E-state index in [1.54, 1.807) is 4.90 Å². The minimum Gasteiger partial charge on any atom is -0.443 e. The van der Waals surface area contributed by atoms with Crippen LogP contribution in [0.5, 0.6) is 0 Å². The molecule has 0 spiro atoms. The van der Waals surface area contributed by atoms with E-state index in [-0.39, 0.29) is 18.7 Å². The number of nitrogens with one attached hydrogen (secondary N) is 1. The number of amides is 1. The molecule has 0 radical (unpaired) electrons. The molecule has 2 atom stereocenters. The molecule has 1 aromatic carbocycles. The lowest BCUT2D eigenvalue weighted by Gasteiger charge is -2.28. The van der Waals surface area contributed by atoms with Gasteiger partial charge in [-0.2, -0.15) is 13.2 Å². The quantitative estimate of drug-likeness (QED) is 0.912. The Morgan fingerprint density at radius 1 is 1.29 bits per heavy atom. The molecule has 2 heterocycles. The van der Waals surface area contributed by atoms with Crippen molar-refractivity contribution in [2.24, 2.45) is 0 Å². The number of carbonyl (C=O) groups excluding carboxylic acids is 1. The Kier molecular flexibility index (Phi) is 3.52. The van der Waals surface area contributed by atoms with E-state index in [1.165, 1.54) is 12.1 Å². The largest absolute Gasteiger partial charge is 0.443 e. The SMILES string of the molecule is O=C1OC2CNCCC2N1Cc1ccc(C(F)(F)F)cc1. The summed E-state index contributed by atoms with van der Waals surface area (Å²) in [4.78, 5) is 13.5. The van der Waals surface area contributed by atoms with Gasteiger partial charge in [-0.15, -0.1) is 0 Å². The van der Waals surface area contributed by atoms with Crippen LogP contribution in [0, 0.1) is 0 Å². The van der Waals surface area contributed by atoms with Crippen molar-refractivity contribution in [2.45, 2.75) is 31.3 Å². The van der Waals surface area contributed by atoms with Crippen LogP contribution in [0.1, 0.15) is 17.5 Å². The standard InChI is InChI=1S/C14H15F3N2O2/c15-14(16,17)10-3-1-9(2-4-10)8-19-11-5-6-18-7-12(11)21-13(19)20/h1-4,11-12,18H,5-8H2. The molecule has 1 aromatic rings. The fourth-order valence-electron chi connectivity index (χ4n) is 2.80. The molecule has 2 aliphatic rings. The minimum absolute atomic E-state index is 0.000965. The molecule has 1 N–H and O–H groups in total. The lowest BCUT2D eigenvalue weighted by molar-refractivity contribution is -0.137. The monoisotopic (exact) mass is 300 g/mol. The van der Waals surface area contributed by atoms with Crippen LogP contribution < -0.4 is 5.32 Å². The fourth-order valence-corrected chi connectivity index (χ4v) is 2.80. The first kappa shape index (κ1) is 14.2. The first-order valence-corrected chi connectivity index (χ1v) is 6.79. The summed E-state index contributed by atoms with van der Waals surface area (Å²) >= 11 is 0. The zero-order valence-corrected chi connectivity index (χ0v) is 11.2. The van der Waals surface area contributed by atoms with Gasteiger partial charge in [-0.05, 0) is 30.7 Å². The van der Waals surface area contributed by atoms with E-state index in [2.05, 4.69) is 5.32 Å². The van der Waals surface area contributed by atoms with Crippen LogP contribution in [0.15, 0.2) is 24.3 Å². The lowest BCUT2D eigenvalue weighted by atomic mass is 10.0. The summed E-state index contributed by atoms with van der Waals surface area (Å²) < 4.78 is 42.8. The van der Waals surface area contributed by atoms with Crippen LogP contribution in [0.2, 0.25) is 0 Å². The van der Waals surface area contributed by atoms with Gasteiger partial charge < -0.3 is 10.1 Å². The van der Waals surface area contributed by atoms with Gasteiger partial charge in [-0.1, -0.05) is 12.1 Å². The van der Waals surface area contributed by atoms with Crippen LogP contribution in [0.4, 0.5) is 18.0 Å². The number of fused-ring (bicyclic) bond motifs is 1. The third-order valence-corrected chi connectivity index (χ3v) is 3.91. The van der Waals surface area contributed by atoms with E-state index in [1.807, 2.05) is 0 Å². The van der Waals surface area contributed by atoms with Gasteiger partial charge in [-0.25, -0.2) is 4.79 Å². The average Bonchev–Trinajstić information content (AvgIpc) is 2.75. The number of hydrogen-bond donors (Lipinski definition) is 1. The van der Waals surface area contributed by atoms with E-state index in [9.17, 15) is 18.0 Å². The molecule has 7 heteroatoms. The number of rotatable bonds is 2. The Morgan fingerprint density at radius 3 is 2.67 bits per heavy atom. The van der Waals surface area contributed by atoms with E-state index >= 15 is 0 Å². The number of benzene rings is 1. The van der Waals surface area contributed by atoms with E-state index in [4.69, 9.17) is 4.74 Å². The van der Waals surface area contributed by atoms with Crippen LogP contribution in [0.25, 0.3) is 0 Å². The molecule has 0 bridgehead atoms. The zero-order chi connectivity index (χ0) is 15.0. The number of nitrogens with zero attached hydrogens (tertiary/aromatic N) is 1. The molecule has 3 rings (SSSR count). The number of hydrogen-bond acceptors (Lipinski definition) is 3. The number of piperidine rings is 1. The Balaban J connectivity index is 1.72. The maximum Gasteiger partial charge on any atom is 0.416 e. The highest BCUT2D eigenvalue weighted by atomic mass is 19.4. The first-order chi connectivity index (χ1) is 9.95. The lowest BCUT2D eigenvalue weighted by Crippen LogP contribution is -2.47. The summed E-state index contributed by atoms with van der Waals surface area (Å²) in [7, 11) is 0. The van der Waals surface area contributed by atoms with Crippen molar-refractivity contribution < 1.29 is 22.7 Å². The van der Waals surface area contributed by atoms with E-state index < -0.39 is 17.8 Å². The van der Waals surface area contributed by atoms with Crippen LogP contribution in [0.3, 0.4) is 0 Å². The molecule has 2 fully saturated rings. The summed E-state index contributed by atoms with van der Waals surface area (Å²) in [6.45, 7) is 1.71. The Bertz CT molecular complexity index is 530. The van der Waals surface area contributed by atoms with Gasteiger partial charge >= 0.3 is 12.3 Å². The van der Waals surface area contributed by atoms with Crippen molar-refractivity contribution >= 4 is 6.09 Å². The van der Waals surface area contributed by atoms with Gasteiger partial charge in [-0.3, -0.25) is 4.90 Å². The van der Waals surface area contributed by atoms with Crippen molar-refractivity contribution in [1.29, 1.82) is 0 Å². The first-order valence-electron chi connectivity index (χ1n) is 6.79. The molecular weight excluding hydrogens is 285 g/mol. The van der Waals surface area contributed by atoms with Crippen molar-refractivity contribution in [3.05, 3.63) is 35.4 Å². The van der Waals surface area contributed by atoms with Crippen LogP contribution >= 0.6 is 0 Å². The Morgan fingerprint density at radius 2 is 2.00 bits per heavy atom. The van der Waals surface area contributed by atoms with Crippen LogP contribution in [-0.2, 0) is 17.5 Å². The summed E-state index contributed by atoms with van der Waals surface area (Å²) in [6, 6.07) is 4.89. The maximum absolute atomic E-state index is 12.5. The highest BCUT2D eigenvalue weighted by molar-refractivity contribution is 5.71. The summed E-state index contributed by atoms with van der Waals surface area (Å²) in [5.41, 5.74) is -0.0193. The number of alkyl halides is 3. The Hall–Kier alpha value is -1.76. The predicted molar refractivity (Wildman–Crippen MR) is 68.5 cm³/mol. The normalized spacial score (nSPS) is 25.7. The van der Waals surface area contributed by atoms with Gasteiger partial charge in [0.05, 0.1) is 11.6 Å². The smallest absolute Gasteiger partial charge is 0.416 e. The third-order valence-electron chi connectivity index (χ3n) is 3.91. The number of ether oxygens (including phenoxy) is 1. The number of carbonyl (C=O) groups is 1. The number of halogens is 3. The zero-order valence-electron chi connectivity index (χ0n) is 11.2. The molecule has 114 valence electrons. The van der Waals surface area contributed by atoms with Crippen LogP contribution in [-0.4, -0.2) is 36.2 Å². The fraction of sp³-hybridized carbons (Fsp3) is 0.500. The Labute approximate surface area is 119 Å². The summed E-state index contributed by atoms with van der Waals surface area (Å²) in [5.74, 6) is 0. The molecule has 2 saturated heterocycles. The van der Waals surface area contributed by atoms with Gasteiger partial charge in [0.15, 0.2) is 0 Å². The molecule has 4 nitrogen and oxygen atoms in total. The van der Waals surface area contributed by atoms with Gasteiger partial charge in [0.2, 0.25) is 0 Å². The average molecular weight is 300 g/mol. The third kappa shape index (κ3) is 2.83. The molecule has 2 aliphatic heterocycles. The molecule has 0 saturated carbocycles. The van der Waals surface area contributed by atoms with Gasteiger partial charge in [0, 0.05) is 13.1 Å². The summed E-state index contributed by atoms with van der Waals surface area (Å²) in [6.07, 6.45) is -4.11. The van der Waals surface area contributed by atoms with Gasteiger partial charge in [0.25, 0.3) is 0 Å². The second-order valence-electron chi connectivity index (χ2n) is 5.30. The topological polar surface area (TPSA) is 41.6 Å². The highest BCUT2D eigenvalue weighted by Crippen LogP contribution is 2.30. The van der Waals surface area contributed by atoms with Crippen molar-refractivity contribution in [3.8, 4) is 0 Å². The molecule has 1 amide bonds. The van der Waals surface area contributed by atoms with E-state index in [0.717, 1.165) is 25.1 Å². The highest BCUT2D eigenvalue weighted by Gasteiger charge is 2.42. The predicted octanol–water partition coefficient (Wildman–Crippen LogP) is 2.39. The summed E-state index contributed by atoms with van der Waals surface area (Å²) in [5, 5.41) is 3.16. The van der Waals surface area contributed by atoms with Crippen molar-refractivity contribution in [1.82, 2.24) is 10.2 Å². The molecule has 0 aromatic heterocycles.